The van der Waals surface area contributed by atoms with Gasteiger partial charge in [0.05, 0.1) is 11.8 Å². The molecule has 0 heterocycles. The van der Waals surface area contributed by atoms with Gasteiger partial charge < -0.3 is 10.4 Å². The van der Waals surface area contributed by atoms with Gasteiger partial charge >= 0.3 is 5.97 Å². The Morgan fingerprint density at radius 3 is 2.29 bits per heavy atom. The summed E-state index contributed by atoms with van der Waals surface area (Å²) in [5.74, 6) is -1.89. The second-order valence-corrected chi connectivity index (χ2v) is 7.15. The molecule has 1 fully saturated rings. The molecular weight excluding hydrogens is 334 g/mol. The second kappa shape index (κ2) is 6.18. The summed E-state index contributed by atoms with van der Waals surface area (Å²) in [5.41, 5.74) is 0.938. The van der Waals surface area contributed by atoms with Crippen LogP contribution in [0.2, 0.25) is 0 Å². The molecule has 0 saturated heterocycles. The number of hydrogen-bond donors (Lipinski definition) is 2. The number of amides is 1. The summed E-state index contributed by atoms with van der Waals surface area (Å²) in [5, 5.41) is 11.9. The van der Waals surface area contributed by atoms with Gasteiger partial charge in [0.25, 0.3) is 0 Å². The Morgan fingerprint density at radius 2 is 1.81 bits per heavy atom. The summed E-state index contributed by atoms with van der Waals surface area (Å²) in [6, 6.07) is 8.01. The molecule has 114 valence electrons. The van der Waals surface area contributed by atoms with Crippen molar-refractivity contribution in [1.82, 2.24) is 5.32 Å². The van der Waals surface area contributed by atoms with Gasteiger partial charge in [-0.1, -0.05) is 41.9 Å². The Hall–Kier alpha value is -1.36. The first-order valence-electron chi connectivity index (χ1n) is 7.08. The van der Waals surface area contributed by atoms with Crippen LogP contribution < -0.4 is 5.32 Å². The van der Waals surface area contributed by atoms with E-state index in [1.54, 1.807) is 0 Å². The lowest BCUT2D eigenvalue weighted by molar-refractivity contribution is -0.152. The highest BCUT2D eigenvalue weighted by atomic mass is 79.9. The number of carboxylic acids is 1. The van der Waals surface area contributed by atoms with Gasteiger partial charge in [-0.05, 0) is 30.5 Å². The molecule has 0 aromatic heterocycles. The smallest absolute Gasteiger partial charge is 0.307 e. The molecule has 2 atom stereocenters. The van der Waals surface area contributed by atoms with Gasteiger partial charge in [-0.3, -0.25) is 9.59 Å². The summed E-state index contributed by atoms with van der Waals surface area (Å²) < 4.78 is 1.02. The first kappa shape index (κ1) is 16.0. The van der Waals surface area contributed by atoms with Crippen LogP contribution in [0.1, 0.15) is 32.3 Å². The summed E-state index contributed by atoms with van der Waals surface area (Å²) in [7, 11) is 0. The summed E-state index contributed by atoms with van der Waals surface area (Å²) in [6.07, 6.45) is 1.27. The molecular formula is C16H20BrNO3. The number of aliphatic carboxylic acids is 1. The fourth-order valence-corrected chi connectivity index (χ4v) is 2.82. The SMILES string of the molecule is CC(C)(CNC(=O)C1CCC1C(=O)O)c1ccc(Br)cc1. The molecule has 2 unspecified atom stereocenters. The Morgan fingerprint density at radius 1 is 1.24 bits per heavy atom. The van der Waals surface area contributed by atoms with Crippen molar-refractivity contribution in [2.45, 2.75) is 32.1 Å². The van der Waals surface area contributed by atoms with E-state index in [0.29, 0.717) is 19.4 Å². The number of rotatable bonds is 5. The van der Waals surface area contributed by atoms with Crippen molar-refractivity contribution in [1.29, 1.82) is 0 Å². The standard InChI is InChI=1S/C16H20BrNO3/c1-16(2,10-3-5-11(17)6-4-10)9-18-14(19)12-7-8-13(12)15(20)21/h3-6,12-13H,7-9H2,1-2H3,(H,18,19)(H,20,21). The molecule has 0 bridgehead atoms. The van der Waals surface area contributed by atoms with E-state index in [1.807, 2.05) is 24.3 Å². The van der Waals surface area contributed by atoms with E-state index in [4.69, 9.17) is 5.11 Å². The lowest BCUT2D eigenvalue weighted by Crippen LogP contribution is -2.47. The Labute approximate surface area is 133 Å². The van der Waals surface area contributed by atoms with Crippen LogP contribution in [0, 0.1) is 11.8 Å². The molecule has 1 amide bonds. The average molecular weight is 354 g/mol. The van der Waals surface area contributed by atoms with Gasteiger partial charge in [-0.25, -0.2) is 0 Å². The second-order valence-electron chi connectivity index (χ2n) is 6.24. The fraction of sp³-hybridized carbons (Fsp3) is 0.500. The van der Waals surface area contributed by atoms with E-state index in [0.717, 1.165) is 10.0 Å². The Balaban J connectivity index is 1.94. The highest BCUT2D eigenvalue weighted by molar-refractivity contribution is 9.10. The lowest BCUT2D eigenvalue weighted by atomic mass is 9.73. The van der Waals surface area contributed by atoms with Gasteiger partial charge in [0.2, 0.25) is 5.91 Å². The van der Waals surface area contributed by atoms with Crippen molar-refractivity contribution in [2.75, 3.05) is 6.54 Å². The molecule has 1 saturated carbocycles. The number of carboxylic acid groups (broad SMARTS) is 1. The number of carbonyl (C=O) groups is 2. The maximum absolute atomic E-state index is 12.1. The molecule has 5 heteroatoms. The summed E-state index contributed by atoms with van der Waals surface area (Å²) >= 11 is 3.41. The van der Waals surface area contributed by atoms with E-state index in [2.05, 4.69) is 35.1 Å². The number of nitrogens with one attached hydrogen (secondary N) is 1. The van der Waals surface area contributed by atoms with E-state index in [9.17, 15) is 9.59 Å². The minimum Gasteiger partial charge on any atom is -0.481 e. The quantitative estimate of drug-likeness (QED) is 0.854. The molecule has 0 aliphatic heterocycles. The molecule has 1 aliphatic rings. The normalized spacial score (nSPS) is 21.5. The molecule has 1 aliphatic carbocycles. The van der Waals surface area contributed by atoms with Crippen LogP contribution in [0.3, 0.4) is 0 Å². The Bertz CT molecular complexity index is 539. The Kier molecular flexibility index (Phi) is 4.71. The maximum atomic E-state index is 12.1. The third-order valence-corrected chi connectivity index (χ3v) is 4.79. The molecule has 0 spiro atoms. The molecule has 21 heavy (non-hydrogen) atoms. The van der Waals surface area contributed by atoms with Crippen molar-refractivity contribution < 1.29 is 14.7 Å². The van der Waals surface area contributed by atoms with Gasteiger partial charge in [0.1, 0.15) is 0 Å². The van der Waals surface area contributed by atoms with Crippen LogP contribution in [-0.2, 0) is 15.0 Å². The third-order valence-electron chi connectivity index (χ3n) is 4.26. The van der Waals surface area contributed by atoms with Crippen LogP contribution >= 0.6 is 15.9 Å². The molecule has 1 aromatic rings. The molecule has 0 radical (unpaired) electrons. The lowest BCUT2D eigenvalue weighted by Gasteiger charge is -2.33. The van der Waals surface area contributed by atoms with Crippen LogP contribution in [0.15, 0.2) is 28.7 Å². The van der Waals surface area contributed by atoms with Crippen LogP contribution in [0.4, 0.5) is 0 Å². The van der Waals surface area contributed by atoms with E-state index < -0.39 is 11.9 Å². The van der Waals surface area contributed by atoms with Crippen LogP contribution in [-0.4, -0.2) is 23.5 Å². The highest BCUT2D eigenvalue weighted by Gasteiger charge is 2.41. The molecule has 2 N–H and O–H groups in total. The predicted molar refractivity (Wildman–Crippen MR) is 84.0 cm³/mol. The van der Waals surface area contributed by atoms with Crippen molar-refractivity contribution in [3.63, 3.8) is 0 Å². The number of halogens is 1. The zero-order valence-corrected chi connectivity index (χ0v) is 13.8. The van der Waals surface area contributed by atoms with Crippen molar-refractivity contribution in [2.24, 2.45) is 11.8 Å². The monoisotopic (exact) mass is 353 g/mol. The highest BCUT2D eigenvalue weighted by Crippen LogP contribution is 2.34. The van der Waals surface area contributed by atoms with Crippen molar-refractivity contribution >= 4 is 27.8 Å². The number of benzene rings is 1. The minimum atomic E-state index is -0.867. The summed E-state index contributed by atoms with van der Waals surface area (Å²) in [4.78, 5) is 23.1. The zero-order chi connectivity index (χ0) is 15.6. The van der Waals surface area contributed by atoms with E-state index >= 15 is 0 Å². The topological polar surface area (TPSA) is 66.4 Å². The molecule has 4 nitrogen and oxygen atoms in total. The number of carbonyl (C=O) groups excluding carboxylic acids is 1. The van der Waals surface area contributed by atoms with Gasteiger partial charge in [-0.2, -0.15) is 0 Å². The largest absolute Gasteiger partial charge is 0.481 e. The van der Waals surface area contributed by atoms with Gasteiger partial charge in [-0.15, -0.1) is 0 Å². The minimum absolute atomic E-state index is 0.140. The van der Waals surface area contributed by atoms with Crippen molar-refractivity contribution in [3.05, 3.63) is 34.3 Å². The maximum Gasteiger partial charge on any atom is 0.307 e. The van der Waals surface area contributed by atoms with Gasteiger partial charge in [0, 0.05) is 16.4 Å². The van der Waals surface area contributed by atoms with Gasteiger partial charge in [0.15, 0.2) is 0 Å². The van der Waals surface area contributed by atoms with Crippen molar-refractivity contribution in [3.8, 4) is 0 Å². The average Bonchev–Trinajstić information content (AvgIpc) is 2.35. The summed E-state index contributed by atoms with van der Waals surface area (Å²) in [6.45, 7) is 4.62. The van der Waals surface area contributed by atoms with E-state index in [1.165, 1.54) is 0 Å². The first-order chi connectivity index (χ1) is 9.81. The third kappa shape index (κ3) is 3.64. The number of hydrogen-bond acceptors (Lipinski definition) is 2. The molecule has 1 aromatic carbocycles. The fourth-order valence-electron chi connectivity index (χ4n) is 2.55. The molecule has 2 rings (SSSR count). The zero-order valence-electron chi connectivity index (χ0n) is 12.2. The first-order valence-corrected chi connectivity index (χ1v) is 7.87. The van der Waals surface area contributed by atoms with Crippen LogP contribution in [0.5, 0.6) is 0 Å². The van der Waals surface area contributed by atoms with Crippen LogP contribution in [0.25, 0.3) is 0 Å². The van der Waals surface area contributed by atoms with E-state index in [-0.39, 0.29) is 17.2 Å². The predicted octanol–water partition coefficient (Wildman–Crippen LogP) is 2.95.